The number of hydrogen-bond acceptors (Lipinski definition) is 3. The third-order valence-corrected chi connectivity index (χ3v) is 6.27. The van der Waals surface area contributed by atoms with E-state index in [2.05, 4.69) is 24.1 Å². The maximum atomic E-state index is 11.8. The number of hydrogen-bond donors (Lipinski definition) is 1. The third kappa shape index (κ3) is 4.20. The Hall–Kier alpha value is -1.14. The average Bonchev–Trinajstić information content (AvgIpc) is 2.81. The molecule has 1 aromatic carbocycles. The van der Waals surface area contributed by atoms with Crippen LogP contribution in [-0.2, 0) is 9.84 Å². The molecule has 1 aliphatic rings. The fraction of sp³-hybridized carbons (Fsp3) is 0.562. The van der Waals surface area contributed by atoms with Gasteiger partial charge in [-0.15, -0.1) is 0 Å². The molecule has 122 valence electrons. The predicted molar refractivity (Wildman–Crippen MR) is 96.1 cm³/mol. The molecule has 1 saturated heterocycles. The summed E-state index contributed by atoms with van der Waals surface area (Å²) in [5.74, 6) is 0.463. The molecule has 2 rings (SSSR count). The Morgan fingerprint density at radius 1 is 1.41 bits per heavy atom. The van der Waals surface area contributed by atoms with Crippen molar-refractivity contribution in [1.82, 2.24) is 4.90 Å². The van der Waals surface area contributed by atoms with Crippen molar-refractivity contribution in [2.24, 2.45) is 0 Å². The molecule has 1 aliphatic heterocycles. The Balaban J connectivity index is 2.15. The van der Waals surface area contributed by atoms with Gasteiger partial charge in [0.25, 0.3) is 0 Å². The molecule has 2 atom stereocenters. The Morgan fingerprint density at radius 2 is 2.05 bits per heavy atom. The van der Waals surface area contributed by atoms with E-state index in [0.29, 0.717) is 11.5 Å². The van der Waals surface area contributed by atoms with E-state index in [1.165, 1.54) is 5.56 Å². The highest BCUT2D eigenvalue weighted by atomic mass is 32.2. The standard InChI is InChI=1S/C16H24N2O2S2/c1-4-13(3)18(15-9-10-22(19,20)11-15)16(21)17-14-7-5-12(2)6-8-14/h5-8,13,15H,4,9-11H2,1-3H3,(H,17,21)/t13-,15+/m0/s1. The Bertz CT molecular complexity index is 626. The summed E-state index contributed by atoms with van der Waals surface area (Å²) < 4.78 is 23.6. The summed E-state index contributed by atoms with van der Waals surface area (Å²) in [5.41, 5.74) is 2.13. The van der Waals surface area contributed by atoms with Gasteiger partial charge in [-0.3, -0.25) is 0 Å². The first kappa shape index (κ1) is 17.2. The lowest BCUT2D eigenvalue weighted by atomic mass is 10.1. The van der Waals surface area contributed by atoms with Crippen LogP contribution in [0.2, 0.25) is 0 Å². The molecule has 0 amide bonds. The minimum Gasteiger partial charge on any atom is -0.342 e. The van der Waals surface area contributed by atoms with Crippen LogP contribution in [0.25, 0.3) is 0 Å². The van der Waals surface area contributed by atoms with E-state index in [-0.39, 0.29) is 23.6 Å². The van der Waals surface area contributed by atoms with Gasteiger partial charge >= 0.3 is 0 Å². The van der Waals surface area contributed by atoms with Gasteiger partial charge in [-0.25, -0.2) is 8.42 Å². The van der Waals surface area contributed by atoms with Crippen LogP contribution >= 0.6 is 12.2 Å². The zero-order chi connectivity index (χ0) is 16.3. The molecule has 0 unspecified atom stereocenters. The van der Waals surface area contributed by atoms with Crippen molar-refractivity contribution in [3.63, 3.8) is 0 Å². The van der Waals surface area contributed by atoms with E-state index in [9.17, 15) is 8.42 Å². The fourth-order valence-corrected chi connectivity index (χ4v) is 4.90. The van der Waals surface area contributed by atoms with Crippen molar-refractivity contribution in [1.29, 1.82) is 0 Å². The summed E-state index contributed by atoms with van der Waals surface area (Å²) in [6, 6.07) is 8.22. The minimum atomic E-state index is -2.92. The number of nitrogens with zero attached hydrogens (tertiary/aromatic N) is 1. The number of thiocarbonyl (C=S) groups is 1. The molecule has 6 heteroatoms. The van der Waals surface area contributed by atoms with Gasteiger partial charge in [-0.05, 0) is 51.0 Å². The summed E-state index contributed by atoms with van der Waals surface area (Å²) in [5, 5.41) is 3.86. The monoisotopic (exact) mass is 340 g/mol. The van der Waals surface area contributed by atoms with Gasteiger partial charge < -0.3 is 10.2 Å². The highest BCUT2D eigenvalue weighted by molar-refractivity contribution is 7.91. The van der Waals surface area contributed by atoms with Gasteiger partial charge in [0.1, 0.15) is 0 Å². The van der Waals surface area contributed by atoms with Crippen molar-refractivity contribution in [2.75, 3.05) is 16.8 Å². The SMILES string of the molecule is CC[C@H](C)N(C(=S)Nc1ccc(C)cc1)[C@@H]1CCS(=O)(=O)C1. The lowest BCUT2D eigenvalue weighted by Gasteiger charge is -2.36. The number of sulfone groups is 1. The normalized spacial score (nSPS) is 21.3. The van der Waals surface area contributed by atoms with Crippen LogP contribution in [0.4, 0.5) is 5.69 Å². The maximum Gasteiger partial charge on any atom is 0.173 e. The summed E-state index contributed by atoms with van der Waals surface area (Å²) in [7, 11) is -2.92. The molecule has 0 aliphatic carbocycles. The highest BCUT2D eigenvalue weighted by Crippen LogP contribution is 2.22. The lowest BCUT2D eigenvalue weighted by molar-refractivity contribution is 0.264. The molecular formula is C16H24N2O2S2. The molecular weight excluding hydrogens is 316 g/mol. The van der Waals surface area contributed by atoms with Gasteiger partial charge in [-0.2, -0.15) is 0 Å². The second-order valence-electron chi connectivity index (χ2n) is 6.02. The zero-order valence-corrected chi connectivity index (χ0v) is 15.0. The topological polar surface area (TPSA) is 49.4 Å². The average molecular weight is 341 g/mol. The highest BCUT2D eigenvalue weighted by Gasteiger charge is 2.35. The number of aryl methyl sites for hydroxylation is 1. The summed E-state index contributed by atoms with van der Waals surface area (Å²) in [6.45, 7) is 6.22. The number of nitrogens with one attached hydrogen (secondary N) is 1. The Kier molecular flexibility index (Phi) is 5.45. The van der Waals surface area contributed by atoms with E-state index in [4.69, 9.17) is 12.2 Å². The molecule has 0 spiro atoms. The fourth-order valence-electron chi connectivity index (χ4n) is 2.74. The van der Waals surface area contributed by atoms with Crippen LogP contribution < -0.4 is 5.32 Å². The maximum absolute atomic E-state index is 11.8. The van der Waals surface area contributed by atoms with Crippen molar-refractivity contribution in [2.45, 2.75) is 45.7 Å². The van der Waals surface area contributed by atoms with Crippen molar-refractivity contribution >= 4 is 32.9 Å². The Labute approximate surface area is 138 Å². The molecule has 1 heterocycles. The van der Waals surface area contributed by atoms with Crippen LogP contribution in [-0.4, -0.2) is 42.0 Å². The second kappa shape index (κ2) is 6.96. The largest absolute Gasteiger partial charge is 0.342 e. The first-order chi connectivity index (χ1) is 10.3. The van der Waals surface area contributed by atoms with Crippen LogP contribution in [0.1, 0.15) is 32.3 Å². The van der Waals surface area contributed by atoms with Crippen LogP contribution in [0.5, 0.6) is 0 Å². The summed E-state index contributed by atoms with van der Waals surface area (Å²) >= 11 is 5.56. The smallest absolute Gasteiger partial charge is 0.173 e. The van der Waals surface area contributed by atoms with E-state index < -0.39 is 9.84 Å². The first-order valence-electron chi connectivity index (χ1n) is 7.69. The van der Waals surface area contributed by atoms with Gasteiger partial charge in [0.05, 0.1) is 11.5 Å². The minimum absolute atomic E-state index is 0.0228. The summed E-state index contributed by atoms with van der Waals surface area (Å²) in [4.78, 5) is 2.07. The molecule has 0 saturated carbocycles. The number of benzene rings is 1. The first-order valence-corrected chi connectivity index (χ1v) is 9.91. The van der Waals surface area contributed by atoms with Crippen molar-refractivity contribution in [3.8, 4) is 0 Å². The Morgan fingerprint density at radius 3 is 2.55 bits per heavy atom. The van der Waals surface area contributed by atoms with Gasteiger partial charge in [-0.1, -0.05) is 24.6 Å². The van der Waals surface area contributed by atoms with Crippen LogP contribution in [0, 0.1) is 6.92 Å². The van der Waals surface area contributed by atoms with E-state index in [1.807, 2.05) is 31.2 Å². The quantitative estimate of drug-likeness (QED) is 0.854. The third-order valence-electron chi connectivity index (χ3n) is 4.20. The van der Waals surface area contributed by atoms with Gasteiger partial charge in [0.15, 0.2) is 14.9 Å². The lowest BCUT2D eigenvalue weighted by Crippen LogP contribution is -2.48. The predicted octanol–water partition coefficient (Wildman–Crippen LogP) is 2.98. The zero-order valence-electron chi connectivity index (χ0n) is 13.4. The van der Waals surface area contributed by atoms with E-state index in [0.717, 1.165) is 12.1 Å². The molecule has 1 N–H and O–H groups in total. The summed E-state index contributed by atoms with van der Waals surface area (Å²) in [6.07, 6.45) is 1.58. The van der Waals surface area contributed by atoms with E-state index in [1.54, 1.807) is 0 Å². The van der Waals surface area contributed by atoms with Crippen LogP contribution in [0.15, 0.2) is 24.3 Å². The molecule has 22 heavy (non-hydrogen) atoms. The van der Waals surface area contributed by atoms with Crippen LogP contribution in [0.3, 0.4) is 0 Å². The van der Waals surface area contributed by atoms with Crippen molar-refractivity contribution in [3.05, 3.63) is 29.8 Å². The number of rotatable bonds is 4. The molecule has 0 radical (unpaired) electrons. The van der Waals surface area contributed by atoms with Crippen molar-refractivity contribution < 1.29 is 8.42 Å². The van der Waals surface area contributed by atoms with Gasteiger partial charge in [0.2, 0.25) is 0 Å². The molecule has 0 bridgehead atoms. The molecule has 0 aromatic heterocycles. The van der Waals surface area contributed by atoms with E-state index >= 15 is 0 Å². The molecule has 4 nitrogen and oxygen atoms in total. The van der Waals surface area contributed by atoms with Gasteiger partial charge in [0, 0.05) is 17.8 Å². The molecule has 1 aromatic rings. The molecule has 1 fully saturated rings. The number of anilines is 1. The second-order valence-corrected chi connectivity index (χ2v) is 8.63.